The third-order valence-electron chi connectivity index (χ3n) is 28.0. The van der Waals surface area contributed by atoms with Crippen LogP contribution in [0.15, 0.2) is 0 Å². The normalized spacial score (nSPS) is 46.6. The highest BCUT2D eigenvalue weighted by Gasteiger charge is 2.57. The van der Waals surface area contributed by atoms with Gasteiger partial charge in [-0.25, -0.2) is 0 Å². The van der Waals surface area contributed by atoms with Crippen molar-refractivity contribution in [2.45, 2.75) is 294 Å². The van der Waals surface area contributed by atoms with E-state index in [1.807, 2.05) is 0 Å². The van der Waals surface area contributed by atoms with E-state index in [-0.39, 0.29) is 0 Å². The van der Waals surface area contributed by atoms with Gasteiger partial charge in [0, 0.05) is 19.8 Å². The predicted molar refractivity (Wildman–Crippen MR) is 362 cm³/mol. The van der Waals surface area contributed by atoms with Crippen LogP contribution in [0.3, 0.4) is 0 Å². The maximum Gasteiger partial charge on any atom is 0.0549 e. The molecule has 0 radical (unpaired) electrons. The van der Waals surface area contributed by atoms with E-state index in [0.29, 0.717) is 6.10 Å². The molecule has 12 saturated carbocycles. The van der Waals surface area contributed by atoms with Gasteiger partial charge in [-0.2, -0.15) is 0 Å². The highest BCUT2D eigenvalue weighted by atomic mass is 16.5. The summed E-state index contributed by atoms with van der Waals surface area (Å²) >= 11 is 0. The molecule has 2 heteroatoms. The highest BCUT2D eigenvalue weighted by molar-refractivity contribution is 5.06. The molecule has 14 fully saturated rings. The largest absolute Gasteiger partial charge is 0.381 e. The summed E-state index contributed by atoms with van der Waals surface area (Å²) in [5.74, 6) is 34.0. The molecular formula is C81H150O2. The fraction of sp³-hybridized carbons (Fsp3) is 1.00. The van der Waals surface area contributed by atoms with Gasteiger partial charge < -0.3 is 9.47 Å². The third-order valence-corrected chi connectivity index (χ3v) is 28.0. The molecule has 0 aromatic carbocycles. The summed E-state index contributed by atoms with van der Waals surface area (Å²) in [6.45, 7) is 59.9. The fourth-order valence-corrected chi connectivity index (χ4v) is 21.1. The molecular weight excluding hydrogens is 1000 g/mol. The van der Waals surface area contributed by atoms with Crippen molar-refractivity contribution in [3.05, 3.63) is 0 Å². The second kappa shape index (κ2) is 30.8. The van der Waals surface area contributed by atoms with Gasteiger partial charge in [-0.15, -0.1) is 0 Å². The first-order valence-corrected chi connectivity index (χ1v) is 38.2. The van der Waals surface area contributed by atoms with E-state index >= 15 is 0 Å². The molecule has 25 atom stereocenters. The second-order valence-electron chi connectivity index (χ2n) is 37.0. The monoisotopic (exact) mass is 1160 g/mol. The first-order valence-electron chi connectivity index (χ1n) is 38.2. The maximum atomic E-state index is 5.46. The van der Waals surface area contributed by atoms with Crippen LogP contribution in [0.1, 0.15) is 288 Å². The van der Waals surface area contributed by atoms with E-state index in [0.717, 1.165) is 221 Å². The molecule has 2 saturated heterocycles. The zero-order valence-electron chi connectivity index (χ0n) is 60.5. The van der Waals surface area contributed by atoms with Crippen LogP contribution in [0.2, 0.25) is 0 Å². The Morgan fingerprint density at radius 1 is 0.361 bits per heavy atom. The summed E-state index contributed by atoms with van der Waals surface area (Å²) in [6, 6.07) is 0. The van der Waals surface area contributed by atoms with Crippen LogP contribution in [-0.2, 0) is 9.47 Å². The highest BCUT2D eigenvalue weighted by Crippen LogP contribution is 2.65. The van der Waals surface area contributed by atoms with Gasteiger partial charge >= 0.3 is 0 Å². The van der Waals surface area contributed by atoms with Crippen LogP contribution in [0, 0.1) is 201 Å². The Labute approximate surface area is 521 Å². The van der Waals surface area contributed by atoms with Gasteiger partial charge in [-0.05, 0) is 323 Å². The van der Waals surface area contributed by atoms with Crippen LogP contribution >= 0.6 is 0 Å². The lowest BCUT2D eigenvalue weighted by molar-refractivity contribution is -0.00795. The van der Waals surface area contributed by atoms with Gasteiger partial charge in [0.15, 0.2) is 0 Å². The fourth-order valence-electron chi connectivity index (χ4n) is 21.1. The third kappa shape index (κ3) is 19.7. The number of hydrogen-bond acceptors (Lipinski definition) is 2. The lowest BCUT2D eigenvalue weighted by Gasteiger charge is -2.29. The van der Waals surface area contributed by atoms with Crippen LogP contribution in [0.25, 0.3) is 0 Å². The Balaban J connectivity index is 0.000000136. The van der Waals surface area contributed by atoms with E-state index in [1.54, 1.807) is 38.5 Å². The molecule has 12 aliphatic carbocycles. The topological polar surface area (TPSA) is 18.5 Å². The van der Waals surface area contributed by atoms with Crippen molar-refractivity contribution in [2.75, 3.05) is 19.8 Å². The first-order chi connectivity index (χ1) is 39.0. The Morgan fingerprint density at radius 3 is 1.35 bits per heavy atom. The molecule has 0 bridgehead atoms. The van der Waals surface area contributed by atoms with E-state index in [4.69, 9.17) is 9.47 Å². The van der Waals surface area contributed by atoms with Gasteiger partial charge in [0.05, 0.1) is 6.10 Å². The number of hydrogen-bond donors (Lipinski definition) is 0. The van der Waals surface area contributed by atoms with E-state index in [2.05, 4.69) is 166 Å². The Morgan fingerprint density at radius 2 is 0.916 bits per heavy atom. The lowest BCUT2D eigenvalue weighted by atomic mass is 9.77. The van der Waals surface area contributed by atoms with Crippen molar-refractivity contribution >= 4 is 0 Å². The molecule has 0 aromatic heterocycles. The summed E-state index contributed by atoms with van der Waals surface area (Å²) in [7, 11) is 0. The van der Waals surface area contributed by atoms with Crippen molar-refractivity contribution < 1.29 is 9.47 Å². The molecule has 0 aromatic rings. The van der Waals surface area contributed by atoms with Crippen LogP contribution < -0.4 is 0 Å². The standard InChI is InChI=1S/3C11H20.3C10H18.2C9H18O/c1-7(2)9-4-8(3)11-6-10(11)5-9;1-7(2)10-5-8(3)4-9-6-11(9)10;1-8(2)9-5-4-6-11(3)7-10(9)11;1-6(2)8-4-9-7(3)10(9)5-8;1-6(2)8-4-7(3)9-5-10(8)9;1-6(2)8-4-5-9-7(3)10(8)9;1-7(2)9-4-8(3)5-10-6-9;1-7(2)9-4-5-10-8(3)6-9/h2*7-11H,4-6H2,1-3H3;8-10H,4-7H2,1-3H3;3*6-10H,4-5H2,1-3H3;2*7-9H,4-6H2,1-3H3. The molecule has 2 aliphatic heterocycles. The molecule has 14 rings (SSSR count). The Bertz CT molecular complexity index is 1800. The van der Waals surface area contributed by atoms with Gasteiger partial charge in [-0.3, -0.25) is 0 Å². The lowest BCUT2D eigenvalue weighted by Crippen LogP contribution is -2.27. The number of fused-ring (bicyclic) bond motifs is 6. The molecule has 0 amide bonds. The maximum absolute atomic E-state index is 5.46. The van der Waals surface area contributed by atoms with Crippen LogP contribution in [0.5, 0.6) is 0 Å². The summed E-state index contributed by atoms with van der Waals surface area (Å²) in [5.41, 5.74) is 0.799. The molecule has 83 heavy (non-hydrogen) atoms. The van der Waals surface area contributed by atoms with Crippen molar-refractivity contribution in [3.8, 4) is 0 Å². The van der Waals surface area contributed by atoms with Crippen molar-refractivity contribution in [2.24, 2.45) is 201 Å². The van der Waals surface area contributed by atoms with Crippen LogP contribution in [0.4, 0.5) is 0 Å². The van der Waals surface area contributed by atoms with Gasteiger partial charge in [0.2, 0.25) is 0 Å². The molecule has 0 spiro atoms. The van der Waals surface area contributed by atoms with Crippen molar-refractivity contribution in [3.63, 3.8) is 0 Å². The first kappa shape index (κ1) is 70.4. The smallest absolute Gasteiger partial charge is 0.0549 e. The molecule has 25 unspecified atom stereocenters. The Hall–Kier alpha value is -0.0800. The van der Waals surface area contributed by atoms with Gasteiger partial charge in [-0.1, -0.05) is 166 Å². The summed E-state index contributed by atoms with van der Waals surface area (Å²) in [4.78, 5) is 0. The van der Waals surface area contributed by atoms with Gasteiger partial charge in [0.1, 0.15) is 0 Å². The van der Waals surface area contributed by atoms with Crippen molar-refractivity contribution in [1.82, 2.24) is 0 Å². The van der Waals surface area contributed by atoms with E-state index < -0.39 is 0 Å². The zero-order valence-corrected chi connectivity index (χ0v) is 60.5. The number of rotatable bonds is 8. The second-order valence-corrected chi connectivity index (χ2v) is 37.0. The summed E-state index contributed by atoms with van der Waals surface area (Å²) < 4.78 is 10.9. The molecule has 0 N–H and O–H groups in total. The minimum atomic E-state index is 0.501. The zero-order chi connectivity index (χ0) is 61.1. The Kier molecular flexibility index (Phi) is 26.1. The summed E-state index contributed by atoms with van der Waals surface area (Å²) in [6.07, 6.45) is 28.9. The molecule has 2 nitrogen and oxygen atoms in total. The van der Waals surface area contributed by atoms with E-state index in [9.17, 15) is 0 Å². The average molecular weight is 1160 g/mol. The average Bonchev–Trinajstić information content (AvgIpc) is 4.13. The number of ether oxygens (including phenoxy) is 2. The predicted octanol–water partition coefficient (Wildman–Crippen LogP) is 23.7. The minimum Gasteiger partial charge on any atom is -0.381 e. The summed E-state index contributed by atoms with van der Waals surface area (Å²) in [5, 5.41) is 0. The molecule has 2 heterocycles. The van der Waals surface area contributed by atoms with E-state index in [1.165, 1.54) is 83.5 Å². The SMILES string of the molecule is CC(C)C1CC(C)C2CC12.CC(C)C1CC(C)C2CC2C1.CC(C)C1CC2C(C)C2C1.CC(C)C1CCC2C(C)C12.CC(C)C1CCCC2(C)CC12.CC1CC(C(C)C)CCO1.CC1CC2CC2C(C(C)C)C1.CC1COCC(C(C)C)C1. The van der Waals surface area contributed by atoms with Crippen LogP contribution in [-0.4, -0.2) is 25.9 Å². The van der Waals surface area contributed by atoms with Gasteiger partial charge in [0.25, 0.3) is 0 Å². The minimum absolute atomic E-state index is 0.501. The van der Waals surface area contributed by atoms with Crippen molar-refractivity contribution in [1.29, 1.82) is 0 Å². The molecule has 14 aliphatic rings. The quantitative estimate of drug-likeness (QED) is 0.241. The molecule has 486 valence electrons.